The number of sulfone groups is 1. The van der Waals surface area contributed by atoms with Crippen molar-refractivity contribution in [2.24, 2.45) is 0 Å². The summed E-state index contributed by atoms with van der Waals surface area (Å²) in [5.74, 6) is 0.684. The molecule has 1 atom stereocenters. The average Bonchev–Trinajstić information content (AvgIpc) is 3.31. The summed E-state index contributed by atoms with van der Waals surface area (Å²) in [4.78, 5) is 2.60. The normalized spacial score (nSPS) is 17.9. The first kappa shape index (κ1) is 20.0. The summed E-state index contributed by atoms with van der Waals surface area (Å²) in [6.45, 7) is 1.54. The van der Waals surface area contributed by atoms with Crippen molar-refractivity contribution in [3.05, 3.63) is 72.3 Å². The lowest BCUT2D eigenvalue weighted by molar-refractivity contribution is 0.177. The fourth-order valence-corrected chi connectivity index (χ4v) is 5.70. The Morgan fingerprint density at radius 1 is 1.21 bits per heavy atom. The molecule has 2 aromatic carbocycles. The lowest BCUT2D eigenvalue weighted by atomic mass is 9.94. The number of likely N-dealkylation sites (tertiary alicyclic amines) is 1. The molecule has 29 heavy (non-hydrogen) atoms. The summed E-state index contributed by atoms with van der Waals surface area (Å²) in [5.41, 5.74) is 2.09. The minimum Gasteiger partial charge on any atom is -0.496 e. The van der Waals surface area contributed by atoms with E-state index in [1.54, 1.807) is 25.3 Å². The molecule has 2 heterocycles. The van der Waals surface area contributed by atoms with Gasteiger partial charge >= 0.3 is 0 Å². The molecule has 0 spiro atoms. The minimum absolute atomic E-state index is 0.141. The third-order valence-electron chi connectivity index (χ3n) is 5.12. The van der Waals surface area contributed by atoms with Gasteiger partial charge in [-0.3, -0.25) is 4.90 Å². The monoisotopic (exact) mass is 428 g/mol. The molecular weight excluding hydrogens is 406 g/mol. The molecule has 0 amide bonds. The van der Waals surface area contributed by atoms with Crippen molar-refractivity contribution in [3.8, 4) is 5.75 Å². The first-order valence-electron chi connectivity index (χ1n) is 9.41. The van der Waals surface area contributed by atoms with Gasteiger partial charge in [0, 0.05) is 29.7 Å². The Bertz CT molecular complexity index is 1050. The summed E-state index contributed by atoms with van der Waals surface area (Å²) in [6.07, 6.45) is 5.76. The van der Waals surface area contributed by atoms with Gasteiger partial charge in [0.25, 0.3) is 0 Å². The van der Waals surface area contributed by atoms with Gasteiger partial charge in [0.1, 0.15) is 5.75 Å². The highest BCUT2D eigenvalue weighted by Gasteiger charge is 2.27. The van der Waals surface area contributed by atoms with Crippen LogP contribution in [-0.4, -0.2) is 36.6 Å². The lowest BCUT2D eigenvalue weighted by Crippen LogP contribution is -2.33. The molecule has 151 valence electrons. The van der Waals surface area contributed by atoms with E-state index in [4.69, 9.17) is 4.74 Å². The van der Waals surface area contributed by atoms with Gasteiger partial charge in [0.05, 0.1) is 18.2 Å². The number of hydrogen-bond acceptors (Lipinski definition) is 7. The Kier molecular flexibility index (Phi) is 5.94. The molecule has 0 N–H and O–H groups in total. The number of hydrogen-bond donors (Lipinski definition) is 0. The Morgan fingerprint density at radius 2 is 2.03 bits per heavy atom. The quantitative estimate of drug-likeness (QED) is 0.593. The van der Waals surface area contributed by atoms with Crippen molar-refractivity contribution in [1.82, 2.24) is 14.5 Å². The van der Waals surface area contributed by atoms with Crippen molar-refractivity contribution in [2.45, 2.75) is 34.5 Å². The smallest absolute Gasteiger partial charge is 0.219 e. The summed E-state index contributed by atoms with van der Waals surface area (Å²) in [6, 6.07) is 15.6. The van der Waals surface area contributed by atoms with Crippen LogP contribution >= 0.6 is 11.5 Å². The van der Waals surface area contributed by atoms with Crippen LogP contribution < -0.4 is 4.74 Å². The van der Waals surface area contributed by atoms with Crippen LogP contribution in [0, 0.1) is 6.42 Å². The van der Waals surface area contributed by atoms with Crippen molar-refractivity contribution >= 4 is 21.4 Å². The second kappa shape index (κ2) is 8.61. The minimum atomic E-state index is -3.64. The Labute approximate surface area is 175 Å². The molecule has 1 aliphatic rings. The Balaban J connectivity index is 1.67. The summed E-state index contributed by atoms with van der Waals surface area (Å²) in [5, 5.41) is 3.66. The van der Waals surface area contributed by atoms with E-state index in [9.17, 15) is 8.42 Å². The molecule has 1 saturated heterocycles. The van der Waals surface area contributed by atoms with Crippen LogP contribution in [0.15, 0.2) is 63.8 Å². The van der Waals surface area contributed by atoms with E-state index in [1.165, 1.54) is 11.8 Å². The fraction of sp³-hybridized carbons (Fsp3) is 0.286. The largest absolute Gasteiger partial charge is 0.496 e. The van der Waals surface area contributed by atoms with Crippen LogP contribution in [0.3, 0.4) is 0 Å². The standard InChI is InChI=1S/C21H22N3O3S2/c1-27-20-11-10-18(29(25,26)21-14-22-23-28-21)13-17(20)15-24-12-6-5-9-19(24)16-7-3-2-4-8-16/h2-4,7-11,13-14,19H,5-6,12,15H2,1H3/t19-/m0/s1. The average molecular weight is 429 g/mol. The van der Waals surface area contributed by atoms with Crippen LogP contribution in [0.1, 0.15) is 30.0 Å². The second-order valence-electron chi connectivity index (χ2n) is 6.92. The highest BCUT2D eigenvalue weighted by molar-refractivity contribution is 7.93. The predicted molar refractivity (Wildman–Crippen MR) is 111 cm³/mol. The molecule has 3 aromatic rings. The maximum Gasteiger partial charge on any atom is 0.219 e. The van der Waals surface area contributed by atoms with Gasteiger partial charge in [-0.25, -0.2) is 8.42 Å². The van der Waals surface area contributed by atoms with E-state index >= 15 is 0 Å². The summed E-state index contributed by atoms with van der Waals surface area (Å²) >= 11 is 0.878. The number of nitrogens with zero attached hydrogens (tertiary/aromatic N) is 3. The van der Waals surface area contributed by atoms with Gasteiger partial charge in [-0.2, -0.15) is 0 Å². The number of ether oxygens (including phenoxy) is 1. The van der Waals surface area contributed by atoms with Crippen LogP contribution in [0.2, 0.25) is 0 Å². The molecule has 1 aromatic heterocycles. The number of methoxy groups -OCH3 is 1. The SMILES string of the molecule is COc1ccc(S(=O)(=O)c2cnns2)cc1CN1CCC[CH][C@H]1c1ccccc1. The number of aromatic nitrogens is 2. The molecule has 1 aliphatic heterocycles. The third kappa shape index (κ3) is 4.19. The predicted octanol–water partition coefficient (Wildman–Crippen LogP) is 3.92. The molecular formula is C21H22N3O3S2. The molecule has 0 aliphatic carbocycles. The summed E-state index contributed by atoms with van der Waals surface area (Å²) < 4.78 is 35.1. The van der Waals surface area contributed by atoms with Gasteiger partial charge in [-0.15, -0.1) is 5.10 Å². The zero-order chi connectivity index (χ0) is 20.3. The molecule has 4 rings (SSSR count). The highest BCUT2D eigenvalue weighted by atomic mass is 32.2. The van der Waals surface area contributed by atoms with Gasteiger partial charge < -0.3 is 4.74 Å². The van der Waals surface area contributed by atoms with E-state index in [-0.39, 0.29) is 15.1 Å². The van der Waals surface area contributed by atoms with Gasteiger partial charge in [-0.1, -0.05) is 34.8 Å². The molecule has 8 heteroatoms. The molecule has 0 bridgehead atoms. The third-order valence-corrected chi connectivity index (χ3v) is 7.97. The van der Waals surface area contributed by atoms with E-state index in [0.29, 0.717) is 12.3 Å². The van der Waals surface area contributed by atoms with Crippen molar-refractivity contribution in [3.63, 3.8) is 0 Å². The molecule has 0 saturated carbocycles. The van der Waals surface area contributed by atoms with Gasteiger partial charge in [0.15, 0.2) is 4.21 Å². The second-order valence-corrected chi connectivity index (χ2v) is 9.88. The van der Waals surface area contributed by atoms with Crippen LogP contribution in [0.5, 0.6) is 5.75 Å². The topological polar surface area (TPSA) is 72.4 Å². The number of piperidine rings is 1. The number of benzene rings is 2. The van der Waals surface area contributed by atoms with Gasteiger partial charge in [0.2, 0.25) is 9.84 Å². The highest BCUT2D eigenvalue weighted by Crippen LogP contribution is 2.34. The molecule has 0 unspecified atom stereocenters. The first-order chi connectivity index (χ1) is 14.1. The van der Waals surface area contributed by atoms with E-state index < -0.39 is 9.84 Å². The maximum absolute atomic E-state index is 12.9. The van der Waals surface area contributed by atoms with Crippen molar-refractivity contribution in [1.29, 1.82) is 0 Å². The van der Waals surface area contributed by atoms with Crippen molar-refractivity contribution < 1.29 is 13.2 Å². The fourth-order valence-electron chi connectivity index (χ4n) is 3.69. The summed E-state index contributed by atoms with van der Waals surface area (Å²) in [7, 11) is -2.03. The number of rotatable bonds is 6. The van der Waals surface area contributed by atoms with Crippen molar-refractivity contribution in [2.75, 3.05) is 13.7 Å². The first-order valence-corrected chi connectivity index (χ1v) is 11.7. The molecule has 6 nitrogen and oxygen atoms in total. The Morgan fingerprint density at radius 3 is 2.76 bits per heavy atom. The van der Waals surface area contributed by atoms with E-state index in [2.05, 4.69) is 33.0 Å². The van der Waals surface area contributed by atoms with Crippen LogP contribution in [0.4, 0.5) is 0 Å². The zero-order valence-corrected chi connectivity index (χ0v) is 17.7. The zero-order valence-electron chi connectivity index (χ0n) is 16.1. The Hall–Kier alpha value is -2.29. The van der Waals surface area contributed by atoms with E-state index in [1.807, 2.05) is 18.2 Å². The maximum atomic E-state index is 12.9. The lowest BCUT2D eigenvalue weighted by Gasteiger charge is -2.36. The molecule has 1 radical (unpaired) electrons. The molecule has 1 fully saturated rings. The van der Waals surface area contributed by atoms with Crippen LogP contribution in [0.25, 0.3) is 0 Å². The van der Waals surface area contributed by atoms with Gasteiger partial charge in [-0.05, 0) is 49.6 Å². The van der Waals surface area contributed by atoms with E-state index in [0.717, 1.165) is 36.5 Å². The van der Waals surface area contributed by atoms with Crippen LogP contribution in [-0.2, 0) is 16.4 Å².